The third-order valence-corrected chi connectivity index (χ3v) is 5.02. The van der Waals surface area contributed by atoms with E-state index in [-0.39, 0.29) is 40.4 Å². The third kappa shape index (κ3) is 15.5. The number of ether oxygens (including phenoxy) is 6. The van der Waals surface area contributed by atoms with Crippen LogP contribution in [0.3, 0.4) is 0 Å². The van der Waals surface area contributed by atoms with Crippen molar-refractivity contribution in [3.8, 4) is 0 Å². The fourth-order valence-electron chi connectivity index (χ4n) is 3.14. The van der Waals surface area contributed by atoms with Crippen molar-refractivity contribution in [3.05, 3.63) is 0 Å². The Morgan fingerprint density at radius 1 is 0.359 bits per heavy atom. The number of hydrogen-bond donors (Lipinski definition) is 0. The van der Waals surface area contributed by atoms with E-state index in [1.807, 2.05) is 14.7 Å². The second-order valence-electron chi connectivity index (χ2n) is 9.08. The maximum atomic E-state index is 5.87. The molecule has 0 aliphatic carbocycles. The summed E-state index contributed by atoms with van der Waals surface area (Å²) in [6, 6.07) is 0. The van der Waals surface area contributed by atoms with Gasteiger partial charge in [-0.2, -0.15) is 15.0 Å². The van der Waals surface area contributed by atoms with Gasteiger partial charge in [0.25, 0.3) is 0 Å². The van der Waals surface area contributed by atoms with E-state index in [9.17, 15) is 0 Å². The largest absolute Gasteiger partial charge is 0.361 e. The van der Waals surface area contributed by atoms with Gasteiger partial charge in [-0.15, -0.1) is 0 Å². The van der Waals surface area contributed by atoms with Crippen LogP contribution in [0.5, 0.6) is 0 Å². The Morgan fingerprint density at radius 2 is 0.538 bits per heavy atom. The van der Waals surface area contributed by atoms with Crippen molar-refractivity contribution in [2.75, 3.05) is 94.7 Å². The van der Waals surface area contributed by atoms with Gasteiger partial charge in [-0.05, 0) is 38.5 Å². The predicted molar refractivity (Wildman–Crippen MR) is 154 cm³/mol. The van der Waals surface area contributed by atoms with Gasteiger partial charge in [0.05, 0.1) is 0 Å². The molecule has 0 bridgehead atoms. The normalized spacial score (nSPS) is 11.2. The molecule has 1 aromatic rings. The summed E-state index contributed by atoms with van der Waals surface area (Å²) in [4.78, 5) is 20.1. The van der Waals surface area contributed by atoms with Gasteiger partial charge in [-0.1, -0.05) is 41.5 Å². The summed E-state index contributed by atoms with van der Waals surface area (Å²) in [5.41, 5.74) is 0. The van der Waals surface area contributed by atoms with E-state index in [4.69, 9.17) is 43.4 Å². The minimum atomic E-state index is 0.289. The third-order valence-electron chi connectivity index (χ3n) is 5.02. The first-order valence-corrected chi connectivity index (χ1v) is 14.6. The molecule has 0 radical (unpaired) electrons. The van der Waals surface area contributed by atoms with Gasteiger partial charge < -0.3 is 28.4 Å². The van der Waals surface area contributed by atoms with Crippen LogP contribution in [0.1, 0.15) is 80.1 Å². The monoisotopic (exact) mass is 558 g/mol. The number of hydrogen-bond acceptors (Lipinski definition) is 12. The lowest BCUT2D eigenvalue weighted by atomic mass is 10.5. The summed E-state index contributed by atoms with van der Waals surface area (Å²) in [5.74, 6) is 1.32. The molecule has 0 unspecified atom stereocenters. The summed E-state index contributed by atoms with van der Waals surface area (Å²) in [7, 11) is 0. The maximum Gasteiger partial charge on any atom is 0.235 e. The molecule has 0 aromatic carbocycles. The second-order valence-corrected chi connectivity index (χ2v) is 9.08. The fourth-order valence-corrected chi connectivity index (χ4v) is 3.14. The van der Waals surface area contributed by atoms with Crippen molar-refractivity contribution in [1.29, 1.82) is 0 Å². The lowest BCUT2D eigenvalue weighted by Gasteiger charge is -2.28. The highest BCUT2D eigenvalue weighted by Crippen LogP contribution is 2.20. The summed E-state index contributed by atoms with van der Waals surface area (Å²) in [5, 5.41) is 0. The highest BCUT2D eigenvalue weighted by molar-refractivity contribution is 5.45. The molecule has 0 spiro atoms. The average Bonchev–Trinajstić information content (AvgIpc) is 2.95. The summed E-state index contributed by atoms with van der Waals surface area (Å²) in [6.07, 6.45) is 5.45. The SMILES string of the molecule is CCCOCN(COCCC)c1nc(N(COCCC)COCCC)nc(N(COCCC)COCCC)n1. The quantitative estimate of drug-likeness (QED) is 0.111. The van der Waals surface area contributed by atoms with Crippen LogP contribution in [0.25, 0.3) is 0 Å². The zero-order valence-electron chi connectivity index (χ0n) is 25.4. The minimum absolute atomic E-state index is 0.289. The molecule has 0 N–H and O–H groups in total. The van der Waals surface area contributed by atoms with Gasteiger partial charge >= 0.3 is 0 Å². The van der Waals surface area contributed by atoms with E-state index in [1.165, 1.54) is 0 Å². The fraction of sp³-hybridized carbons (Fsp3) is 0.889. The standard InChI is InChI=1S/C27H54N6O6/c1-7-13-34-19-31(20-35-14-8-2)25-28-26(32(21-36-15-9-3)22-37-16-10-4)30-27(29-25)33(23-38-17-11-5)24-39-18-12-6/h7-24H2,1-6H3. The molecule has 1 heterocycles. The molecular formula is C27H54N6O6. The van der Waals surface area contributed by atoms with Gasteiger partial charge in [0.1, 0.15) is 40.4 Å². The maximum absolute atomic E-state index is 5.87. The molecule has 0 aliphatic heterocycles. The Kier molecular flexibility index (Phi) is 21.7. The highest BCUT2D eigenvalue weighted by atomic mass is 16.5. The van der Waals surface area contributed by atoms with E-state index in [0.29, 0.717) is 57.5 Å². The molecule has 0 saturated heterocycles. The van der Waals surface area contributed by atoms with E-state index < -0.39 is 0 Å². The number of nitrogens with zero attached hydrogens (tertiary/aromatic N) is 6. The molecule has 0 amide bonds. The molecule has 1 aromatic heterocycles. The topological polar surface area (TPSA) is 104 Å². The van der Waals surface area contributed by atoms with Gasteiger partial charge in [-0.25, -0.2) is 0 Å². The smallest absolute Gasteiger partial charge is 0.235 e. The van der Waals surface area contributed by atoms with Crippen LogP contribution in [-0.4, -0.2) is 95.0 Å². The number of rotatable bonds is 27. The Labute approximate surface area is 236 Å². The van der Waals surface area contributed by atoms with Crippen LogP contribution >= 0.6 is 0 Å². The number of anilines is 3. The first kappa shape index (κ1) is 35.2. The Balaban J connectivity index is 3.47. The predicted octanol–water partition coefficient (Wildman–Crippen LogP) is 4.60. The molecule has 0 aliphatic rings. The molecule has 39 heavy (non-hydrogen) atoms. The Bertz CT molecular complexity index is 572. The van der Waals surface area contributed by atoms with Crippen LogP contribution in [-0.2, 0) is 28.4 Å². The molecule has 0 atom stereocenters. The highest BCUT2D eigenvalue weighted by Gasteiger charge is 2.21. The molecule has 12 heteroatoms. The summed E-state index contributed by atoms with van der Waals surface area (Å²) >= 11 is 0. The van der Waals surface area contributed by atoms with Crippen LogP contribution in [0, 0.1) is 0 Å². The van der Waals surface area contributed by atoms with Gasteiger partial charge in [-0.3, -0.25) is 14.7 Å². The molecule has 1 rings (SSSR count). The van der Waals surface area contributed by atoms with Crippen LogP contribution in [0.2, 0.25) is 0 Å². The van der Waals surface area contributed by atoms with E-state index in [2.05, 4.69) is 41.5 Å². The molecular weight excluding hydrogens is 504 g/mol. The van der Waals surface area contributed by atoms with Crippen molar-refractivity contribution in [2.24, 2.45) is 0 Å². The average molecular weight is 559 g/mol. The number of aromatic nitrogens is 3. The molecule has 0 fully saturated rings. The summed E-state index contributed by atoms with van der Waals surface area (Å²) in [6.45, 7) is 17.9. The molecule has 0 saturated carbocycles. The van der Waals surface area contributed by atoms with Crippen molar-refractivity contribution in [2.45, 2.75) is 80.1 Å². The van der Waals surface area contributed by atoms with E-state index in [1.54, 1.807) is 0 Å². The van der Waals surface area contributed by atoms with Gasteiger partial charge in [0.2, 0.25) is 17.8 Å². The van der Waals surface area contributed by atoms with Crippen LogP contribution < -0.4 is 14.7 Å². The van der Waals surface area contributed by atoms with Crippen molar-refractivity contribution < 1.29 is 28.4 Å². The van der Waals surface area contributed by atoms with Crippen molar-refractivity contribution in [3.63, 3.8) is 0 Å². The zero-order valence-corrected chi connectivity index (χ0v) is 25.4. The molecule has 228 valence electrons. The van der Waals surface area contributed by atoms with E-state index >= 15 is 0 Å². The summed E-state index contributed by atoms with van der Waals surface area (Å²) < 4.78 is 35.2. The van der Waals surface area contributed by atoms with Gasteiger partial charge in [0, 0.05) is 39.6 Å². The lowest BCUT2D eigenvalue weighted by molar-refractivity contribution is 0.0805. The van der Waals surface area contributed by atoms with Crippen molar-refractivity contribution in [1.82, 2.24) is 15.0 Å². The van der Waals surface area contributed by atoms with Gasteiger partial charge in [0.15, 0.2) is 0 Å². The lowest BCUT2D eigenvalue weighted by Crippen LogP contribution is -2.37. The zero-order chi connectivity index (χ0) is 28.6. The minimum Gasteiger partial charge on any atom is -0.361 e. The Hall–Kier alpha value is -1.83. The van der Waals surface area contributed by atoms with Crippen molar-refractivity contribution >= 4 is 17.8 Å². The van der Waals surface area contributed by atoms with Crippen LogP contribution in [0.15, 0.2) is 0 Å². The Morgan fingerprint density at radius 3 is 0.692 bits per heavy atom. The first-order chi connectivity index (χ1) is 19.1. The van der Waals surface area contributed by atoms with Crippen LogP contribution in [0.4, 0.5) is 17.8 Å². The second kappa shape index (κ2) is 24.0. The van der Waals surface area contributed by atoms with E-state index in [0.717, 1.165) is 38.5 Å². The first-order valence-electron chi connectivity index (χ1n) is 14.6. The molecule has 12 nitrogen and oxygen atoms in total.